The van der Waals surface area contributed by atoms with E-state index < -0.39 is 5.72 Å². The molecule has 0 unspecified atom stereocenters. The van der Waals surface area contributed by atoms with Crippen LogP contribution in [0, 0.1) is 5.92 Å². The van der Waals surface area contributed by atoms with Gasteiger partial charge in [-0.2, -0.15) is 5.10 Å². The van der Waals surface area contributed by atoms with Crippen LogP contribution in [-0.2, 0) is 9.53 Å². The molecule has 4 heterocycles. The van der Waals surface area contributed by atoms with Crippen LogP contribution in [-0.4, -0.2) is 62.8 Å². The Morgan fingerprint density at radius 1 is 1.29 bits per heavy atom. The van der Waals surface area contributed by atoms with Crippen molar-refractivity contribution < 1.29 is 14.3 Å². The van der Waals surface area contributed by atoms with Crippen LogP contribution in [0.25, 0.3) is 11.3 Å². The number of aromatic nitrogens is 2. The van der Waals surface area contributed by atoms with Gasteiger partial charge in [0, 0.05) is 24.7 Å². The Hall–Kier alpha value is -2.67. The summed E-state index contributed by atoms with van der Waals surface area (Å²) in [6.07, 6.45) is 2.73. The number of amides is 2. The van der Waals surface area contributed by atoms with Gasteiger partial charge in [-0.05, 0) is 29.7 Å². The Labute approximate surface area is 163 Å². The van der Waals surface area contributed by atoms with Gasteiger partial charge in [-0.25, -0.2) is 0 Å². The first-order valence-corrected chi connectivity index (χ1v) is 9.88. The maximum Gasteiger partial charge on any atom is 0.254 e. The predicted octanol–water partition coefficient (Wildman–Crippen LogP) is 2.27. The van der Waals surface area contributed by atoms with Gasteiger partial charge >= 0.3 is 0 Å². The fourth-order valence-electron chi connectivity index (χ4n) is 4.99. The minimum absolute atomic E-state index is 0.0377. The Morgan fingerprint density at radius 3 is 2.75 bits per heavy atom. The zero-order valence-corrected chi connectivity index (χ0v) is 16.1. The molecule has 3 aliphatic rings. The van der Waals surface area contributed by atoms with Gasteiger partial charge in [0.2, 0.25) is 5.91 Å². The fraction of sp³-hybridized carbons (Fsp3) is 0.476. The molecule has 3 fully saturated rings. The van der Waals surface area contributed by atoms with E-state index in [1.165, 1.54) is 0 Å². The average molecular weight is 380 g/mol. The lowest BCUT2D eigenvalue weighted by atomic mass is 10.0. The number of hydrogen-bond acceptors (Lipinski definition) is 4. The van der Waals surface area contributed by atoms with E-state index in [2.05, 4.69) is 24.0 Å². The van der Waals surface area contributed by atoms with Crippen molar-refractivity contribution in [3.05, 3.63) is 42.1 Å². The van der Waals surface area contributed by atoms with E-state index in [1.807, 2.05) is 40.1 Å². The van der Waals surface area contributed by atoms with Gasteiger partial charge in [0.05, 0.1) is 30.8 Å². The summed E-state index contributed by atoms with van der Waals surface area (Å²) in [4.78, 5) is 29.8. The highest BCUT2D eigenvalue weighted by Crippen LogP contribution is 2.49. The second-order valence-electron chi connectivity index (χ2n) is 8.25. The molecule has 0 bridgehead atoms. The van der Waals surface area contributed by atoms with E-state index in [0.29, 0.717) is 37.5 Å². The Kier molecular flexibility index (Phi) is 3.84. The van der Waals surface area contributed by atoms with Gasteiger partial charge < -0.3 is 14.5 Å². The number of carbonyl (C=O) groups excluding carboxylic acids is 2. The first-order valence-electron chi connectivity index (χ1n) is 9.88. The minimum Gasteiger partial charge on any atom is -0.351 e. The maximum absolute atomic E-state index is 13.2. The van der Waals surface area contributed by atoms with Gasteiger partial charge in [0.1, 0.15) is 0 Å². The lowest BCUT2D eigenvalue weighted by Gasteiger charge is -2.34. The highest BCUT2D eigenvalue weighted by Gasteiger charge is 2.65. The molecule has 7 heteroatoms. The van der Waals surface area contributed by atoms with Crippen molar-refractivity contribution >= 4 is 11.8 Å². The lowest BCUT2D eigenvalue weighted by Crippen LogP contribution is -2.51. The van der Waals surface area contributed by atoms with Crippen molar-refractivity contribution in [1.82, 2.24) is 20.0 Å². The smallest absolute Gasteiger partial charge is 0.254 e. The largest absolute Gasteiger partial charge is 0.351 e. The summed E-state index contributed by atoms with van der Waals surface area (Å²) in [6.45, 7) is 5.40. The highest BCUT2D eigenvalue weighted by atomic mass is 16.5. The predicted molar refractivity (Wildman–Crippen MR) is 102 cm³/mol. The second kappa shape index (κ2) is 6.17. The molecule has 2 aromatic rings. The number of aromatic amines is 1. The van der Waals surface area contributed by atoms with E-state index in [0.717, 1.165) is 11.3 Å². The molecule has 0 aliphatic carbocycles. The Morgan fingerprint density at radius 2 is 2.07 bits per heavy atom. The molecule has 3 saturated heterocycles. The summed E-state index contributed by atoms with van der Waals surface area (Å²) in [7, 11) is 0. The van der Waals surface area contributed by atoms with Crippen molar-refractivity contribution in [3.8, 4) is 11.3 Å². The van der Waals surface area contributed by atoms with Crippen LogP contribution < -0.4 is 0 Å². The Bertz CT molecular complexity index is 908. The zero-order chi connectivity index (χ0) is 19.5. The molecule has 1 aromatic heterocycles. The SMILES string of the molecule is CC(C)[C@@H]1CO[C@@]23CCN(C(=O)c4ccc(-c5ccn[nH]5)cc4)[C@@H]2CC(=O)N13. The minimum atomic E-state index is -0.627. The fourth-order valence-corrected chi connectivity index (χ4v) is 4.99. The first-order chi connectivity index (χ1) is 13.5. The molecule has 0 radical (unpaired) electrons. The summed E-state index contributed by atoms with van der Waals surface area (Å²) >= 11 is 0. The molecule has 0 saturated carbocycles. The monoisotopic (exact) mass is 380 g/mol. The van der Waals surface area contributed by atoms with Crippen molar-refractivity contribution in [2.24, 2.45) is 5.92 Å². The van der Waals surface area contributed by atoms with Gasteiger partial charge in [0.15, 0.2) is 5.72 Å². The normalized spacial score (nSPS) is 28.9. The number of carbonyl (C=O) groups is 2. The Balaban J connectivity index is 1.40. The van der Waals surface area contributed by atoms with Gasteiger partial charge in [-0.1, -0.05) is 26.0 Å². The standard InChI is InChI=1S/C21H24N4O3/c1-13(2)17-12-28-21-8-10-24(18(21)11-19(26)25(17)21)20(27)15-5-3-14(4-6-15)16-7-9-22-23-16/h3-7,9,13,17-18H,8,10-12H2,1-2H3,(H,22,23)/t17-,18+,21-/m0/s1. The second-order valence-corrected chi connectivity index (χ2v) is 8.25. The molecule has 3 aliphatic heterocycles. The summed E-state index contributed by atoms with van der Waals surface area (Å²) in [5.41, 5.74) is 1.89. The van der Waals surface area contributed by atoms with Crippen molar-refractivity contribution in [3.63, 3.8) is 0 Å². The number of rotatable bonds is 3. The number of nitrogens with zero attached hydrogens (tertiary/aromatic N) is 3. The van der Waals surface area contributed by atoms with E-state index in [9.17, 15) is 9.59 Å². The number of H-pyrrole nitrogens is 1. The number of ether oxygens (including phenoxy) is 1. The van der Waals surface area contributed by atoms with Crippen LogP contribution in [0.5, 0.6) is 0 Å². The lowest BCUT2D eigenvalue weighted by molar-refractivity contribution is -0.139. The molecule has 7 nitrogen and oxygen atoms in total. The van der Waals surface area contributed by atoms with Crippen LogP contribution >= 0.6 is 0 Å². The number of nitrogens with one attached hydrogen (secondary N) is 1. The van der Waals surface area contributed by atoms with Crippen LogP contribution in [0.2, 0.25) is 0 Å². The molecule has 28 heavy (non-hydrogen) atoms. The molecule has 5 rings (SSSR count). The van der Waals surface area contributed by atoms with Crippen LogP contribution in [0.15, 0.2) is 36.5 Å². The first kappa shape index (κ1) is 17.4. The average Bonchev–Trinajstić information content (AvgIpc) is 3.44. The summed E-state index contributed by atoms with van der Waals surface area (Å²) in [6, 6.07) is 9.29. The van der Waals surface area contributed by atoms with Gasteiger partial charge in [-0.15, -0.1) is 0 Å². The molecule has 3 atom stereocenters. The number of likely N-dealkylation sites (tertiary alicyclic amines) is 1. The maximum atomic E-state index is 13.2. The van der Waals surface area contributed by atoms with Gasteiger partial charge in [0.25, 0.3) is 5.91 Å². The van der Waals surface area contributed by atoms with Crippen molar-refractivity contribution in [2.75, 3.05) is 13.2 Å². The summed E-state index contributed by atoms with van der Waals surface area (Å²) in [5, 5.41) is 6.89. The molecule has 1 aromatic carbocycles. The number of benzene rings is 1. The highest BCUT2D eigenvalue weighted by molar-refractivity contribution is 5.96. The van der Waals surface area contributed by atoms with Gasteiger partial charge in [-0.3, -0.25) is 14.7 Å². The molecule has 1 spiro atoms. The van der Waals surface area contributed by atoms with Crippen LogP contribution in [0.4, 0.5) is 0 Å². The summed E-state index contributed by atoms with van der Waals surface area (Å²) < 4.78 is 6.22. The molecular formula is C21H24N4O3. The van der Waals surface area contributed by atoms with Crippen molar-refractivity contribution in [1.29, 1.82) is 0 Å². The third kappa shape index (κ3) is 2.35. The summed E-state index contributed by atoms with van der Waals surface area (Å²) in [5.74, 6) is 0.402. The van der Waals surface area contributed by atoms with Crippen molar-refractivity contribution in [2.45, 2.75) is 44.5 Å². The third-order valence-electron chi connectivity index (χ3n) is 6.46. The van der Waals surface area contributed by atoms with E-state index in [4.69, 9.17) is 4.74 Å². The molecular weight excluding hydrogens is 356 g/mol. The topological polar surface area (TPSA) is 78.5 Å². The number of hydrogen-bond donors (Lipinski definition) is 1. The third-order valence-corrected chi connectivity index (χ3v) is 6.46. The van der Waals surface area contributed by atoms with Crippen LogP contribution in [0.3, 0.4) is 0 Å². The molecule has 2 amide bonds. The van der Waals surface area contributed by atoms with E-state index in [-0.39, 0.29) is 23.9 Å². The van der Waals surface area contributed by atoms with E-state index >= 15 is 0 Å². The zero-order valence-electron chi connectivity index (χ0n) is 16.1. The quantitative estimate of drug-likeness (QED) is 0.886. The molecule has 146 valence electrons. The van der Waals surface area contributed by atoms with E-state index in [1.54, 1.807) is 6.20 Å². The van der Waals surface area contributed by atoms with Crippen LogP contribution in [0.1, 0.15) is 37.0 Å². The molecule has 1 N–H and O–H groups in total.